The number of benzene rings is 1. The van der Waals surface area contributed by atoms with Crippen molar-refractivity contribution in [2.75, 3.05) is 31.5 Å². The zero-order valence-corrected chi connectivity index (χ0v) is 15.1. The average molecular weight is 332 g/mol. The first-order valence-corrected chi connectivity index (χ1v) is 9.22. The summed E-state index contributed by atoms with van der Waals surface area (Å²) in [5.41, 5.74) is 9.76. The smallest absolute Gasteiger partial charge is 0.193 e. The summed E-state index contributed by atoms with van der Waals surface area (Å²) in [5, 5.41) is 12.8. The number of guanidine groups is 1. The second-order valence-electron chi connectivity index (χ2n) is 6.48. The summed E-state index contributed by atoms with van der Waals surface area (Å²) in [6, 6.07) is 6.38. The summed E-state index contributed by atoms with van der Waals surface area (Å²) in [5.74, 6) is 0.500. The minimum absolute atomic E-state index is 0.106. The number of nitrogens with one attached hydrogen (secondary N) is 1. The number of anilines is 1. The Labute approximate surface area is 146 Å². The van der Waals surface area contributed by atoms with Crippen molar-refractivity contribution in [2.24, 2.45) is 10.7 Å². The van der Waals surface area contributed by atoms with Crippen molar-refractivity contribution in [1.82, 2.24) is 4.90 Å². The highest BCUT2D eigenvalue weighted by molar-refractivity contribution is 5.93. The van der Waals surface area contributed by atoms with Crippen molar-refractivity contribution in [3.8, 4) is 0 Å². The Hall–Kier alpha value is -1.59. The van der Waals surface area contributed by atoms with Gasteiger partial charge in [-0.05, 0) is 49.8 Å². The summed E-state index contributed by atoms with van der Waals surface area (Å²) in [4.78, 5) is 6.87. The molecule has 4 N–H and O–H groups in total. The minimum atomic E-state index is -0.106. The van der Waals surface area contributed by atoms with Gasteiger partial charge in [-0.25, -0.2) is 0 Å². The molecule has 1 heterocycles. The van der Waals surface area contributed by atoms with Crippen molar-refractivity contribution in [1.29, 1.82) is 0 Å². The topological polar surface area (TPSA) is 73.9 Å². The normalized spacial score (nSPS) is 17.2. The standard InChI is InChI=1S/C19H32N4O/c1-3-15-7-5-8-16(4-2)18(15)22-19(20)21-11-6-12-23-13-9-17(24)10-14-23/h5,7-8,17,24H,3-4,6,9-14H2,1-2H3,(H3,20,21,22). The van der Waals surface area contributed by atoms with Gasteiger partial charge >= 0.3 is 0 Å². The number of aliphatic imine (C=N–C) groups is 1. The lowest BCUT2D eigenvalue weighted by molar-refractivity contribution is 0.0824. The van der Waals surface area contributed by atoms with Gasteiger partial charge in [-0.1, -0.05) is 32.0 Å². The van der Waals surface area contributed by atoms with Gasteiger partial charge in [0, 0.05) is 25.3 Å². The van der Waals surface area contributed by atoms with E-state index in [1.807, 2.05) is 0 Å². The average Bonchev–Trinajstić information content (AvgIpc) is 2.60. The van der Waals surface area contributed by atoms with E-state index in [0.717, 1.165) is 64.0 Å². The van der Waals surface area contributed by atoms with Gasteiger partial charge in [-0.2, -0.15) is 0 Å². The van der Waals surface area contributed by atoms with E-state index in [1.165, 1.54) is 11.1 Å². The van der Waals surface area contributed by atoms with Crippen molar-refractivity contribution in [3.05, 3.63) is 29.3 Å². The van der Waals surface area contributed by atoms with Crippen LogP contribution in [-0.4, -0.2) is 48.2 Å². The Bertz CT molecular complexity index is 514. The van der Waals surface area contributed by atoms with Crippen molar-refractivity contribution in [2.45, 2.75) is 52.1 Å². The van der Waals surface area contributed by atoms with Crippen LogP contribution in [0.25, 0.3) is 0 Å². The number of hydrogen-bond acceptors (Lipinski definition) is 3. The molecule has 1 fully saturated rings. The lowest BCUT2D eigenvalue weighted by Crippen LogP contribution is -2.36. The lowest BCUT2D eigenvalue weighted by Gasteiger charge is -2.29. The van der Waals surface area contributed by atoms with Gasteiger partial charge in [0.05, 0.1) is 6.10 Å². The van der Waals surface area contributed by atoms with Crippen molar-refractivity contribution in [3.63, 3.8) is 0 Å². The SMILES string of the molecule is CCc1cccc(CC)c1NC(N)=NCCCN1CCC(O)CC1. The molecule has 1 aliphatic heterocycles. The number of piperidine rings is 1. The van der Waals surface area contributed by atoms with Gasteiger partial charge < -0.3 is 21.1 Å². The summed E-state index contributed by atoms with van der Waals surface area (Å²) >= 11 is 0. The molecule has 0 radical (unpaired) electrons. The van der Waals surface area contributed by atoms with Crippen LogP contribution in [0, 0.1) is 0 Å². The number of rotatable bonds is 7. The zero-order chi connectivity index (χ0) is 17.4. The maximum atomic E-state index is 9.52. The molecule has 5 nitrogen and oxygen atoms in total. The van der Waals surface area contributed by atoms with E-state index in [1.54, 1.807) is 0 Å². The molecule has 1 aromatic carbocycles. The Morgan fingerprint density at radius 2 is 1.88 bits per heavy atom. The second-order valence-corrected chi connectivity index (χ2v) is 6.48. The monoisotopic (exact) mass is 332 g/mol. The molecule has 0 aromatic heterocycles. The van der Waals surface area contributed by atoms with Gasteiger partial charge in [0.1, 0.15) is 0 Å². The zero-order valence-electron chi connectivity index (χ0n) is 15.1. The van der Waals surface area contributed by atoms with Crippen LogP contribution in [-0.2, 0) is 12.8 Å². The molecule has 134 valence electrons. The summed E-state index contributed by atoms with van der Waals surface area (Å²) < 4.78 is 0. The molecular weight excluding hydrogens is 300 g/mol. The first-order chi connectivity index (χ1) is 11.6. The molecule has 2 rings (SSSR count). The van der Waals surface area contributed by atoms with Gasteiger partial charge in [0.2, 0.25) is 0 Å². The van der Waals surface area contributed by atoms with Crippen LogP contribution in [0.15, 0.2) is 23.2 Å². The van der Waals surface area contributed by atoms with Crippen LogP contribution in [0.3, 0.4) is 0 Å². The number of aliphatic hydroxyl groups excluding tert-OH is 1. The van der Waals surface area contributed by atoms with E-state index >= 15 is 0 Å². The quantitative estimate of drug-likeness (QED) is 0.407. The Morgan fingerprint density at radius 3 is 2.46 bits per heavy atom. The predicted molar refractivity (Wildman–Crippen MR) is 102 cm³/mol. The molecule has 1 aliphatic rings. The van der Waals surface area contributed by atoms with Crippen LogP contribution >= 0.6 is 0 Å². The van der Waals surface area contributed by atoms with E-state index < -0.39 is 0 Å². The highest BCUT2D eigenvalue weighted by atomic mass is 16.3. The fraction of sp³-hybridized carbons (Fsp3) is 0.632. The number of nitrogens with zero attached hydrogens (tertiary/aromatic N) is 2. The van der Waals surface area contributed by atoms with Crippen LogP contribution in [0.4, 0.5) is 5.69 Å². The third-order valence-electron chi connectivity index (χ3n) is 4.72. The molecule has 24 heavy (non-hydrogen) atoms. The molecule has 0 atom stereocenters. The molecular formula is C19H32N4O. The van der Waals surface area contributed by atoms with Crippen molar-refractivity contribution < 1.29 is 5.11 Å². The molecule has 0 amide bonds. The highest BCUT2D eigenvalue weighted by Gasteiger charge is 2.15. The molecule has 0 bridgehead atoms. The molecule has 0 saturated carbocycles. The lowest BCUT2D eigenvalue weighted by atomic mass is 10.0. The Kier molecular flexibility index (Phi) is 7.53. The molecule has 1 aromatic rings. The minimum Gasteiger partial charge on any atom is -0.393 e. The summed E-state index contributed by atoms with van der Waals surface area (Å²) in [6.45, 7) is 8.04. The van der Waals surface area contributed by atoms with Gasteiger partial charge in [-0.3, -0.25) is 4.99 Å². The van der Waals surface area contributed by atoms with Gasteiger partial charge in [-0.15, -0.1) is 0 Å². The maximum absolute atomic E-state index is 9.52. The van der Waals surface area contributed by atoms with E-state index in [9.17, 15) is 5.11 Å². The number of aryl methyl sites for hydroxylation is 2. The maximum Gasteiger partial charge on any atom is 0.193 e. The highest BCUT2D eigenvalue weighted by Crippen LogP contribution is 2.22. The number of likely N-dealkylation sites (tertiary alicyclic amines) is 1. The molecule has 0 unspecified atom stereocenters. The number of para-hydroxylation sites is 1. The van der Waals surface area contributed by atoms with Crippen LogP contribution in [0.1, 0.15) is 44.2 Å². The summed E-state index contributed by atoms with van der Waals surface area (Å²) in [6.07, 6.45) is 4.62. The second kappa shape index (κ2) is 9.64. The van der Waals surface area contributed by atoms with Crippen molar-refractivity contribution >= 4 is 11.6 Å². The Balaban J connectivity index is 1.82. The Morgan fingerprint density at radius 1 is 1.25 bits per heavy atom. The molecule has 1 saturated heterocycles. The first kappa shape index (κ1) is 18.7. The predicted octanol–water partition coefficient (Wildman–Crippen LogP) is 2.38. The fourth-order valence-corrected chi connectivity index (χ4v) is 3.21. The molecule has 5 heteroatoms. The molecule has 0 spiro atoms. The molecule has 0 aliphatic carbocycles. The van der Waals surface area contributed by atoms with Gasteiger partial charge in [0.15, 0.2) is 5.96 Å². The van der Waals surface area contributed by atoms with E-state index in [2.05, 4.69) is 47.3 Å². The number of hydrogen-bond donors (Lipinski definition) is 3. The fourth-order valence-electron chi connectivity index (χ4n) is 3.21. The van der Waals surface area contributed by atoms with Gasteiger partial charge in [0.25, 0.3) is 0 Å². The third kappa shape index (κ3) is 5.49. The van der Waals surface area contributed by atoms with Crippen LogP contribution < -0.4 is 11.1 Å². The first-order valence-electron chi connectivity index (χ1n) is 9.22. The van der Waals surface area contributed by atoms with Crippen LogP contribution in [0.5, 0.6) is 0 Å². The summed E-state index contributed by atoms with van der Waals surface area (Å²) in [7, 11) is 0. The van der Waals surface area contributed by atoms with E-state index in [4.69, 9.17) is 5.73 Å². The third-order valence-corrected chi connectivity index (χ3v) is 4.72. The number of aliphatic hydroxyl groups is 1. The van der Waals surface area contributed by atoms with E-state index in [0.29, 0.717) is 5.96 Å². The number of nitrogens with two attached hydrogens (primary N) is 1. The largest absolute Gasteiger partial charge is 0.393 e. The van der Waals surface area contributed by atoms with Crippen LogP contribution in [0.2, 0.25) is 0 Å². The van der Waals surface area contributed by atoms with E-state index in [-0.39, 0.29) is 6.10 Å².